The van der Waals surface area contributed by atoms with Crippen molar-refractivity contribution in [3.63, 3.8) is 0 Å². The molecule has 6 heteroatoms. The Hall–Kier alpha value is -3.67. The minimum absolute atomic E-state index is 0.0117. The Morgan fingerprint density at radius 2 is 1.32 bits per heavy atom. The predicted octanol–water partition coefficient (Wildman–Crippen LogP) is 9.43. The summed E-state index contributed by atoms with van der Waals surface area (Å²) >= 11 is 0. The molecule has 220 valence electrons. The zero-order valence-corrected chi connectivity index (χ0v) is 24.6. The molecule has 0 unspecified atom stereocenters. The SMILES string of the molecule is CCCCCCCCCCOc1ccc(-c2ccc(C(=O)Oc3ccc(C(=O)OC[C@@H](C)CC)c(F)c3)cc2)cc1. The molecule has 0 aliphatic carbocycles. The summed E-state index contributed by atoms with van der Waals surface area (Å²) < 4.78 is 30.9. The van der Waals surface area contributed by atoms with Gasteiger partial charge in [-0.3, -0.25) is 0 Å². The molecule has 0 amide bonds. The molecule has 0 aliphatic rings. The van der Waals surface area contributed by atoms with Gasteiger partial charge in [-0.1, -0.05) is 96.4 Å². The Labute approximate surface area is 244 Å². The highest BCUT2D eigenvalue weighted by Gasteiger charge is 2.17. The van der Waals surface area contributed by atoms with Gasteiger partial charge in [-0.25, -0.2) is 14.0 Å². The summed E-state index contributed by atoms with van der Waals surface area (Å²) in [5.41, 5.74) is 2.09. The summed E-state index contributed by atoms with van der Waals surface area (Å²) in [6, 6.07) is 18.6. The second-order valence-corrected chi connectivity index (χ2v) is 10.6. The third kappa shape index (κ3) is 10.7. The van der Waals surface area contributed by atoms with Gasteiger partial charge in [0.2, 0.25) is 0 Å². The van der Waals surface area contributed by atoms with Crippen molar-refractivity contribution in [2.24, 2.45) is 5.92 Å². The monoisotopic (exact) mass is 562 g/mol. The first kappa shape index (κ1) is 31.9. The van der Waals surface area contributed by atoms with Crippen LogP contribution >= 0.6 is 0 Å². The average Bonchev–Trinajstić information content (AvgIpc) is 2.99. The van der Waals surface area contributed by atoms with Crippen LogP contribution in [-0.4, -0.2) is 25.2 Å². The molecule has 0 spiro atoms. The molecule has 41 heavy (non-hydrogen) atoms. The lowest BCUT2D eigenvalue weighted by atomic mass is 10.0. The van der Waals surface area contributed by atoms with Gasteiger partial charge in [-0.15, -0.1) is 0 Å². The molecular formula is C35H43FO5. The van der Waals surface area contributed by atoms with Crippen LogP contribution in [0.25, 0.3) is 11.1 Å². The highest BCUT2D eigenvalue weighted by atomic mass is 19.1. The van der Waals surface area contributed by atoms with E-state index in [1.54, 1.807) is 12.1 Å². The lowest BCUT2D eigenvalue weighted by molar-refractivity contribution is 0.0441. The van der Waals surface area contributed by atoms with Gasteiger partial charge in [0.05, 0.1) is 24.3 Å². The van der Waals surface area contributed by atoms with Crippen LogP contribution in [0.4, 0.5) is 4.39 Å². The standard InChI is InChI=1S/C35H43FO5/c1-4-6-7-8-9-10-11-12-23-39-30-19-17-28(18-20-30)27-13-15-29(16-14-27)34(37)41-31-21-22-32(33(36)24-31)35(38)40-25-26(3)5-2/h13-22,24,26H,4-12,23,25H2,1-3H3/t26-/m0/s1. The fraction of sp³-hybridized carbons (Fsp3) is 0.429. The number of unbranched alkanes of at least 4 members (excludes halogenated alkanes) is 7. The summed E-state index contributed by atoms with van der Waals surface area (Å²) in [5, 5.41) is 0. The molecule has 5 nitrogen and oxygen atoms in total. The largest absolute Gasteiger partial charge is 0.494 e. The second-order valence-electron chi connectivity index (χ2n) is 10.6. The number of halogens is 1. The van der Waals surface area contributed by atoms with Crippen LogP contribution in [0.2, 0.25) is 0 Å². The first-order valence-corrected chi connectivity index (χ1v) is 14.9. The van der Waals surface area contributed by atoms with E-state index in [1.807, 2.05) is 50.2 Å². The Balaban J connectivity index is 1.46. The molecule has 0 bridgehead atoms. The lowest BCUT2D eigenvalue weighted by Gasteiger charge is -2.11. The fourth-order valence-corrected chi connectivity index (χ4v) is 4.27. The maximum Gasteiger partial charge on any atom is 0.343 e. The first-order valence-electron chi connectivity index (χ1n) is 14.9. The molecule has 1 atom stereocenters. The van der Waals surface area contributed by atoms with Gasteiger partial charge in [-0.2, -0.15) is 0 Å². The van der Waals surface area contributed by atoms with Gasteiger partial charge in [-0.05, 0) is 59.9 Å². The van der Waals surface area contributed by atoms with Crippen molar-refractivity contribution in [1.29, 1.82) is 0 Å². The van der Waals surface area contributed by atoms with Gasteiger partial charge in [0.25, 0.3) is 0 Å². The van der Waals surface area contributed by atoms with E-state index in [1.165, 1.54) is 57.1 Å². The smallest absolute Gasteiger partial charge is 0.343 e. The first-order chi connectivity index (χ1) is 19.9. The number of benzene rings is 3. The van der Waals surface area contributed by atoms with Crippen molar-refractivity contribution in [3.05, 3.63) is 83.7 Å². The van der Waals surface area contributed by atoms with E-state index in [9.17, 15) is 14.0 Å². The highest BCUT2D eigenvalue weighted by molar-refractivity contribution is 5.92. The van der Waals surface area contributed by atoms with Crippen LogP contribution in [0.1, 0.15) is 99.3 Å². The topological polar surface area (TPSA) is 61.8 Å². The van der Waals surface area contributed by atoms with Gasteiger partial charge >= 0.3 is 11.9 Å². The molecule has 0 radical (unpaired) electrons. The number of ether oxygens (including phenoxy) is 3. The van der Waals surface area contributed by atoms with Crippen molar-refractivity contribution < 1.29 is 28.2 Å². The zero-order chi connectivity index (χ0) is 29.5. The van der Waals surface area contributed by atoms with E-state index >= 15 is 0 Å². The Morgan fingerprint density at radius 1 is 0.732 bits per heavy atom. The molecule has 0 aromatic heterocycles. The van der Waals surface area contributed by atoms with Crippen LogP contribution in [-0.2, 0) is 4.74 Å². The van der Waals surface area contributed by atoms with Crippen LogP contribution in [0.3, 0.4) is 0 Å². The van der Waals surface area contributed by atoms with Gasteiger partial charge in [0.1, 0.15) is 17.3 Å². The Bertz CT molecular complexity index is 1220. The number of carbonyl (C=O) groups excluding carboxylic acids is 2. The van der Waals surface area contributed by atoms with E-state index in [2.05, 4.69) is 6.92 Å². The van der Waals surface area contributed by atoms with Crippen LogP contribution in [0, 0.1) is 11.7 Å². The van der Waals surface area contributed by atoms with Gasteiger partial charge in [0.15, 0.2) is 0 Å². The fourth-order valence-electron chi connectivity index (χ4n) is 4.27. The van der Waals surface area contributed by atoms with Crippen molar-refractivity contribution in [2.45, 2.75) is 78.6 Å². The van der Waals surface area contributed by atoms with Crippen molar-refractivity contribution in [2.75, 3.05) is 13.2 Å². The molecule has 3 aromatic rings. The van der Waals surface area contributed by atoms with Crippen LogP contribution in [0.5, 0.6) is 11.5 Å². The summed E-state index contributed by atoms with van der Waals surface area (Å²) in [4.78, 5) is 24.8. The Morgan fingerprint density at radius 3 is 1.93 bits per heavy atom. The van der Waals surface area contributed by atoms with E-state index in [0.717, 1.165) is 42.4 Å². The molecule has 0 heterocycles. The molecule has 3 aromatic carbocycles. The van der Waals surface area contributed by atoms with E-state index in [4.69, 9.17) is 14.2 Å². The molecule has 3 rings (SSSR count). The summed E-state index contributed by atoms with van der Waals surface area (Å²) in [7, 11) is 0. The van der Waals surface area contributed by atoms with Crippen molar-refractivity contribution in [1.82, 2.24) is 0 Å². The number of carbonyl (C=O) groups is 2. The lowest BCUT2D eigenvalue weighted by Crippen LogP contribution is -2.13. The summed E-state index contributed by atoms with van der Waals surface area (Å²) in [6.45, 7) is 7.12. The number of hydrogen-bond donors (Lipinski definition) is 0. The van der Waals surface area contributed by atoms with Gasteiger partial charge < -0.3 is 14.2 Å². The van der Waals surface area contributed by atoms with E-state index < -0.39 is 17.8 Å². The van der Waals surface area contributed by atoms with E-state index in [-0.39, 0.29) is 23.8 Å². The number of hydrogen-bond acceptors (Lipinski definition) is 5. The maximum atomic E-state index is 14.5. The summed E-state index contributed by atoms with van der Waals surface area (Å²) in [6.07, 6.45) is 11.0. The van der Waals surface area contributed by atoms with Crippen molar-refractivity contribution >= 4 is 11.9 Å². The molecular weight excluding hydrogens is 519 g/mol. The average molecular weight is 563 g/mol. The van der Waals surface area contributed by atoms with Gasteiger partial charge in [0, 0.05) is 6.07 Å². The molecule has 0 saturated heterocycles. The minimum Gasteiger partial charge on any atom is -0.494 e. The molecule has 0 N–H and O–H groups in total. The van der Waals surface area contributed by atoms with Crippen LogP contribution < -0.4 is 9.47 Å². The quantitative estimate of drug-likeness (QED) is 0.0931. The third-order valence-corrected chi connectivity index (χ3v) is 7.14. The van der Waals surface area contributed by atoms with Crippen molar-refractivity contribution in [3.8, 4) is 22.6 Å². The third-order valence-electron chi connectivity index (χ3n) is 7.14. The van der Waals surface area contributed by atoms with Crippen LogP contribution in [0.15, 0.2) is 66.7 Å². The minimum atomic E-state index is -0.801. The molecule has 0 aliphatic heterocycles. The second kappa shape index (κ2) is 17.2. The number of esters is 2. The number of rotatable bonds is 17. The Kier molecular flexibility index (Phi) is 13.4. The van der Waals surface area contributed by atoms with E-state index in [0.29, 0.717) is 5.56 Å². The molecule has 0 saturated carbocycles. The maximum absolute atomic E-state index is 14.5. The predicted molar refractivity (Wildman–Crippen MR) is 161 cm³/mol. The normalized spacial score (nSPS) is 11.6. The summed E-state index contributed by atoms with van der Waals surface area (Å²) in [5.74, 6) is -1.11. The molecule has 0 fully saturated rings. The zero-order valence-electron chi connectivity index (χ0n) is 24.6. The highest BCUT2D eigenvalue weighted by Crippen LogP contribution is 2.24.